The van der Waals surface area contributed by atoms with Crippen LogP contribution in [0.25, 0.3) is 0 Å². The van der Waals surface area contributed by atoms with E-state index in [2.05, 4.69) is 10.3 Å². The van der Waals surface area contributed by atoms with Gasteiger partial charge in [0.05, 0.1) is 0 Å². The maximum absolute atomic E-state index is 11.8. The summed E-state index contributed by atoms with van der Waals surface area (Å²) in [6.07, 6.45) is 1.62. The van der Waals surface area contributed by atoms with Gasteiger partial charge in [0.25, 0.3) is 5.91 Å². The molecule has 2 N–H and O–H groups in total. The van der Waals surface area contributed by atoms with E-state index in [4.69, 9.17) is 5.11 Å². The lowest BCUT2D eigenvalue weighted by Gasteiger charge is -2.19. The van der Waals surface area contributed by atoms with Crippen molar-refractivity contribution in [2.75, 3.05) is 6.61 Å². The molecule has 0 fully saturated rings. The molecule has 0 aliphatic rings. The van der Waals surface area contributed by atoms with Crippen molar-refractivity contribution in [3.8, 4) is 0 Å². The molecule has 1 aromatic rings. The van der Waals surface area contributed by atoms with Crippen molar-refractivity contribution in [2.45, 2.75) is 26.8 Å². The van der Waals surface area contributed by atoms with Crippen molar-refractivity contribution in [1.82, 2.24) is 10.3 Å². The van der Waals surface area contributed by atoms with E-state index in [0.717, 1.165) is 5.69 Å². The van der Waals surface area contributed by atoms with E-state index in [0.29, 0.717) is 5.56 Å². The van der Waals surface area contributed by atoms with E-state index in [1.165, 1.54) is 0 Å². The molecular formula is C12H18N2O2. The van der Waals surface area contributed by atoms with Crippen LogP contribution in [0.2, 0.25) is 0 Å². The third-order valence-electron chi connectivity index (χ3n) is 2.66. The van der Waals surface area contributed by atoms with E-state index >= 15 is 0 Å². The van der Waals surface area contributed by atoms with E-state index in [9.17, 15) is 4.79 Å². The highest BCUT2D eigenvalue weighted by atomic mass is 16.3. The minimum atomic E-state index is -0.127. The van der Waals surface area contributed by atoms with Crippen molar-refractivity contribution >= 4 is 5.91 Å². The molecule has 2 unspecified atom stereocenters. The number of hydrogen-bond donors (Lipinski definition) is 2. The average Bonchev–Trinajstić information content (AvgIpc) is 2.27. The lowest BCUT2D eigenvalue weighted by molar-refractivity contribution is 0.0916. The van der Waals surface area contributed by atoms with Gasteiger partial charge in [-0.1, -0.05) is 6.92 Å². The average molecular weight is 222 g/mol. The predicted molar refractivity (Wildman–Crippen MR) is 62.2 cm³/mol. The van der Waals surface area contributed by atoms with Gasteiger partial charge >= 0.3 is 0 Å². The quantitative estimate of drug-likeness (QED) is 0.803. The molecule has 0 saturated carbocycles. The molecule has 0 aliphatic carbocycles. The van der Waals surface area contributed by atoms with E-state index in [1.54, 1.807) is 18.3 Å². The molecule has 4 heteroatoms. The molecule has 16 heavy (non-hydrogen) atoms. The number of carbonyl (C=O) groups excluding carboxylic acids is 1. The van der Waals surface area contributed by atoms with E-state index in [-0.39, 0.29) is 24.5 Å². The van der Waals surface area contributed by atoms with Crippen molar-refractivity contribution in [3.05, 3.63) is 29.6 Å². The Kier molecular flexibility index (Phi) is 4.43. The number of rotatable bonds is 4. The third kappa shape index (κ3) is 3.31. The second kappa shape index (κ2) is 5.61. The molecule has 0 saturated heterocycles. The van der Waals surface area contributed by atoms with E-state index < -0.39 is 0 Å². The van der Waals surface area contributed by atoms with Crippen LogP contribution >= 0.6 is 0 Å². The zero-order valence-corrected chi connectivity index (χ0v) is 9.90. The third-order valence-corrected chi connectivity index (χ3v) is 2.66. The van der Waals surface area contributed by atoms with Crippen LogP contribution in [0.1, 0.15) is 29.9 Å². The largest absolute Gasteiger partial charge is 0.396 e. The number of aliphatic hydroxyl groups excluding tert-OH is 1. The van der Waals surface area contributed by atoms with Crippen LogP contribution in [0.4, 0.5) is 0 Å². The molecule has 0 bridgehead atoms. The SMILES string of the molecule is Cc1cc(C(=O)NC(C)C(C)CO)ccn1. The summed E-state index contributed by atoms with van der Waals surface area (Å²) in [5.41, 5.74) is 1.42. The highest BCUT2D eigenvalue weighted by Gasteiger charge is 2.14. The van der Waals surface area contributed by atoms with Crippen molar-refractivity contribution in [1.29, 1.82) is 0 Å². The second-order valence-electron chi connectivity index (χ2n) is 4.11. The van der Waals surface area contributed by atoms with Gasteiger partial charge in [-0.15, -0.1) is 0 Å². The number of carbonyl (C=O) groups is 1. The number of pyridine rings is 1. The first-order valence-corrected chi connectivity index (χ1v) is 5.39. The molecule has 0 spiro atoms. The number of aryl methyl sites for hydroxylation is 1. The highest BCUT2D eigenvalue weighted by Crippen LogP contribution is 2.05. The fourth-order valence-corrected chi connectivity index (χ4v) is 1.28. The molecule has 1 rings (SSSR count). The normalized spacial score (nSPS) is 14.2. The Morgan fingerprint density at radius 1 is 1.56 bits per heavy atom. The Labute approximate surface area is 95.7 Å². The molecule has 1 aromatic heterocycles. The fraction of sp³-hybridized carbons (Fsp3) is 0.500. The van der Waals surface area contributed by atoms with Gasteiger partial charge in [0.1, 0.15) is 0 Å². The lowest BCUT2D eigenvalue weighted by Crippen LogP contribution is -2.38. The van der Waals surface area contributed by atoms with Crippen molar-refractivity contribution < 1.29 is 9.90 Å². The Hall–Kier alpha value is -1.42. The van der Waals surface area contributed by atoms with Crippen LogP contribution in [-0.4, -0.2) is 28.6 Å². The first-order valence-electron chi connectivity index (χ1n) is 5.39. The van der Waals surface area contributed by atoms with Gasteiger partial charge in [0, 0.05) is 30.1 Å². The van der Waals surface area contributed by atoms with Crippen LogP contribution in [0.3, 0.4) is 0 Å². The fourth-order valence-electron chi connectivity index (χ4n) is 1.28. The summed E-state index contributed by atoms with van der Waals surface area (Å²) in [6, 6.07) is 3.37. The van der Waals surface area contributed by atoms with Gasteiger partial charge in [0.15, 0.2) is 0 Å². The van der Waals surface area contributed by atoms with Crippen LogP contribution in [0, 0.1) is 12.8 Å². The first kappa shape index (κ1) is 12.6. The van der Waals surface area contributed by atoms with Gasteiger partial charge in [-0.2, -0.15) is 0 Å². The first-order chi connectivity index (χ1) is 7.54. The number of hydrogen-bond acceptors (Lipinski definition) is 3. The molecule has 1 heterocycles. The lowest BCUT2D eigenvalue weighted by atomic mass is 10.0. The molecule has 1 amide bonds. The molecule has 0 radical (unpaired) electrons. The molecule has 0 aromatic carbocycles. The number of aromatic nitrogens is 1. The van der Waals surface area contributed by atoms with E-state index in [1.807, 2.05) is 20.8 Å². The summed E-state index contributed by atoms with van der Waals surface area (Å²) >= 11 is 0. The number of amides is 1. The van der Waals surface area contributed by atoms with Gasteiger partial charge < -0.3 is 10.4 Å². The number of nitrogens with one attached hydrogen (secondary N) is 1. The zero-order chi connectivity index (χ0) is 12.1. The van der Waals surface area contributed by atoms with Crippen LogP contribution in [-0.2, 0) is 0 Å². The van der Waals surface area contributed by atoms with Crippen LogP contribution < -0.4 is 5.32 Å². The maximum atomic E-state index is 11.8. The number of nitrogens with zero attached hydrogens (tertiary/aromatic N) is 1. The Morgan fingerprint density at radius 2 is 2.25 bits per heavy atom. The predicted octanol–water partition coefficient (Wildman–Crippen LogP) is 1.14. The summed E-state index contributed by atoms with van der Waals surface area (Å²) in [6.45, 7) is 5.68. The summed E-state index contributed by atoms with van der Waals surface area (Å²) in [4.78, 5) is 15.8. The molecule has 4 nitrogen and oxygen atoms in total. The standard InChI is InChI=1S/C12H18N2O2/c1-8(7-15)10(3)14-12(16)11-4-5-13-9(2)6-11/h4-6,8,10,15H,7H2,1-3H3,(H,14,16). The summed E-state index contributed by atoms with van der Waals surface area (Å²) < 4.78 is 0. The van der Waals surface area contributed by atoms with Crippen LogP contribution in [0.5, 0.6) is 0 Å². The number of aliphatic hydroxyl groups is 1. The van der Waals surface area contributed by atoms with Gasteiger partial charge in [-0.05, 0) is 31.9 Å². The Bertz CT molecular complexity index is 366. The molecule has 0 aliphatic heterocycles. The summed E-state index contributed by atoms with van der Waals surface area (Å²) in [5.74, 6) is -0.0785. The molecule has 2 atom stereocenters. The second-order valence-corrected chi connectivity index (χ2v) is 4.11. The van der Waals surface area contributed by atoms with Gasteiger partial charge in [-0.25, -0.2) is 0 Å². The minimum Gasteiger partial charge on any atom is -0.396 e. The molecule has 88 valence electrons. The monoisotopic (exact) mass is 222 g/mol. The summed E-state index contributed by atoms with van der Waals surface area (Å²) in [7, 11) is 0. The van der Waals surface area contributed by atoms with Crippen LogP contribution in [0.15, 0.2) is 18.3 Å². The highest BCUT2D eigenvalue weighted by molar-refractivity contribution is 5.94. The maximum Gasteiger partial charge on any atom is 0.251 e. The minimum absolute atomic E-state index is 0.0480. The molecular weight excluding hydrogens is 204 g/mol. The zero-order valence-electron chi connectivity index (χ0n) is 9.90. The van der Waals surface area contributed by atoms with Crippen molar-refractivity contribution in [3.63, 3.8) is 0 Å². The Balaban J connectivity index is 2.66. The summed E-state index contributed by atoms with van der Waals surface area (Å²) in [5, 5.41) is 11.8. The smallest absolute Gasteiger partial charge is 0.251 e. The van der Waals surface area contributed by atoms with Gasteiger partial charge in [-0.3, -0.25) is 9.78 Å². The van der Waals surface area contributed by atoms with Crippen molar-refractivity contribution in [2.24, 2.45) is 5.92 Å². The Morgan fingerprint density at radius 3 is 2.81 bits per heavy atom. The topological polar surface area (TPSA) is 62.2 Å². The van der Waals surface area contributed by atoms with Gasteiger partial charge in [0.2, 0.25) is 0 Å².